The number of anilines is 1. The van der Waals surface area contributed by atoms with Gasteiger partial charge in [-0.05, 0) is 37.3 Å². The minimum Gasteiger partial charge on any atom is -0.326 e. The molecule has 0 aliphatic heterocycles. The second kappa shape index (κ2) is 6.58. The fourth-order valence-electron chi connectivity index (χ4n) is 3.03. The van der Waals surface area contributed by atoms with Gasteiger partial charge in [-0.15, -0.1) is 0 Å². The Morgan fingerprint density at radius 3 is 2.50 bits per heavy atom. The SMILES string of the molecule is CCC(C(=O)Nc1ccccc1)C1CCCCC1. The summed E-state index contributed by atoms with van der Waals surface area (Å²) in [4.78, 5) is 12.3. The smallest absolute Gasteiger partial charge is 0.227 e. The van der Waals surface area contributed by atoms with Gasteiger partial charge in [0.1, 0.15) is 0 Å². The van der Waals surface area contributed by atoms with E-state index < -0.39 is 0 Å². The molecule has 1 unspecified atom stereocenters. The number of hydrogen-bond donors (Lipinski definition) is 1. The third kappa shape index (κ3) is 3.34. The summed E-state index contributed by atoms with van der Waals surface area (Å²) in [6.45, 7) is 2.13. The van der Waals surface area contributed by atoms with Crippen molar-refractivity contribution < 1.29 is 4.79 Å². The van der Waals surface area contributed by atoms with E-state index >= 15 is 0 Å². The average molecular weight is 245 g/mol. The van der Waals surface area contributed by atoms with Gasteiger partial charge < -0.3 is 5.32 Å². The highest BCUT2D eigenvalue weighted by Crippen LogP contribution is 2.32. The van der Waals surface area contributed by atoms with Crippen molar-refractivity contribution in [2.24, 2.45) is 11.8 Å². The van der Waals surface area contributed by atoms with Crippen LogP contribution in [0.3, 0.4) is 0 Å². The maximum absolute atomic E-state index is 12.3. The molecule has 0 radical (unpaired) electrons. The normalized spacial score (nSPS) is 18.3. The Hall–Kier alpha value is -1.31. The maximum Gasteiger partial charge on any atom is 0.227 e. The van der Waals surface area contributed by atoms with Gasteiger partial charge in [0.05, 0.1) is 0 Å². The Bertz CT molecular complexity index is 368. The Balaban J connectivity index is 1.96. The Morgan fingerprint density at radius 1 is 1.22 bits per heavy atom. The van der Waals surface area contributed by atoms with E-state index in [4.69, 9.17) is 0 Å². The Labute approximate surface area is 110 Å². The standard InChI is InChI=1S/C16H23NO/c1-2-15(13-9-5-3-6-10-13)16(18)17-14-11-7-4-8-12-14/h4,7-8,11-13,15H,2-3,5-6,9-10H2,1H3,(H,17,18). The number of nitrogens with one attached hydrogen (secondary N) is 1. The molecule has 1 saturated carbocycles. The number of benzene rings is 1. The topological polar surface area (TPSA) is 29.1 Å². The highest BCUT2D eigenvalue weighted by Gasteiger charge is 2.27. The third-order valence-electron chi connectivity index (χ3n) is 4.04. The first-order valence-corrected chi connectivity index (χ1v) is 7.17. The van der Waals surface area contributed by atoms with E-state index in [2.05, 4.69) is 12.2 Å². The number of para-hydroxylation sites is 1. The quantitative estimate of drug-likeness (QED) is 0.845. The van der Waals surface area contributed by atoms with Crippen LogP contribution in [-0.2, 0) is 4.79 Å². The van der Waals surface area contributed by atoms with Crippen LogP contribution in [0.2, 0.25) is 0 Å². The molecule has 1 aromatic rings. The van der Waals surface area contributed by atoms with Crippen molar-refractivity contribution in [2.75, 3.05) is 5.32 Å². The van der Waals surface area contributed by atoms with Crippen LogP contribution in [0.1, 0.15) is 45.4 Å². The van der Waals surface area contributed by atoms with Crippen molar-refractivity contribution in [2.45, 2.75) is 45.4 Å². The molecule has 1 amide bonds. The largest absolute Gasteiger partial charge is 0.326 e. The van der Waals surface area contributed by atoms with E-state index in [0.29, 0.717) is 5.92 Å². The molecule has 2 rings (SSSR count). The summed E-state index contributed by atoms with van der Waals surface area (Å²) in [7, 11) is 0. The van der Waals surface area contributed by atoms with E-state index in [0.717, 1.165) is 12.1 Å². The van der Waals surface area contributed by atoms with E-state index in [9.17, 15) is 4.79 Å². The predicted molar refractivity (Wildman–Crippen MR) is 75.4 cm³/mol. The number of rotatable bonds is 4. The summed E-state index contributed by atoms with van der Waals surface area (Å²) >= 11 is 0. The van der Waals surface area contributed by atoms with Gasteiger partial charge in [-0.2, -0.15) is 0 Å². The van der Waals surface area contributed by atoms with Crippen molar-refractivity contribution in [3.8, 4) is 0 Å². The first-order chi connectivity index (χ1) is 8.81. The lowest BCUT2D eigenvalue weighted by Gasteiger charge is -2.28. The van der Waals surface area contributed by atoms with Gasteiger partial charge in [-0.1, -0.05) is 44.4 Å². The van der Waals surface area contributed by atoms with Gasteiger partial charge in [0.2, 0.25) is 5.91 Å². The van der Waals surface area contributed by atoms with Crippen LogP contribution in [0, 0.1) is 11.8 Å². The molecule has 0 aromatic heterocycles. The Kier molecular flexibility index (Phi) is 4.80. The summed E-state index contributed by atoms with van der Waals surface area (Å²) in [5.41, 5.74) is 0.914. The molecule has 1 aliphatic carbocycles. The van der Waals surface area contributed by atoms with Gasteiger partial charge in [0.25, 0.3) is 0 Å². The zero-order valence-electron chi connectivity index (χ0n) is 11.2. The molecule has 18 heavy (non-hydrogen) atoms. The lowest BCUT2D eigenvalue weighted by Crippen LogP contribution is -2.30. The van der Waals surface area contributed by atoms with Gasteiger partial charge >= 0.3 is 0 Å². The lowest BCUT2D eigenvalue weighted by molar-refractivity contribution is -0.122. The molecular formula is C16H23NO. The van der Waals surface area contributed by atoms with Crippen molar-refractivity contribution in [1.82, 2.24) is 0 Å². The number of amides is 1. The molecule has 0 spiro atoms. The van der Waals surface area contributed by atoms with Gasteiger partial charge in [0.15, 0.2) is 0 Å². The summed E-state index contributed by atoms with van der Waals surface area (Å²) in [6, 6.07) is 9.78. The van der Waals surface area contributed by atoms with Crippen LogP contribution in [0.15, 0.2) is 30.3 Å². The number of carbonyl (C=O) groups is 1. The molecule has 1 N–H and O–H groups in total. The van der Waals surface area contributed by atoms with Gasteiger partial charge in [-0.25, -0.2) is 0 Å². The average Bonchev–Trinajstić information content (AvgIpc) is 2.42. The molecule has 98 valence electrons. The molecule has 0 bridgehead atoms. The van der Waals surface area contributed by atoms with Crippen LogP contribution in [0.25, 0.3) is 0 Å². The fraction of sp³-hybridized carbons (Fsp3) is 0.562. The minimum atomic E-state index is 0.186. The van der Waals surface area contributed by atoms with E-state index in [1.165, 1.54) is 32.1 Å². The van der Waals surface area contributed by atoms with Gasteiger partial charge in [0, 0.05) is 11.6 Å². The van der Waals surface area contributed by atoms with Crippen molar-refractivity contribution in [3.05, 3.63) is 30.3 Å². The maximum atomic E-state index is 12.3. The molecule has 0 heterocycles. The summed E-state index contributed by atoms with van der Waals surface area (Å²) in [5, 5.41) is 3.05. The highest BCUT2D eigenvalue weighted by atomic mass is 16.1. The molecule has 1 atom stereocenters. The first kappa shape index (κ1) is 13.1. The lowest BCUT2D eigenvalue weighted by atomic mass is 9.78. The second-order valence-corrected chi connectivity index (χ2v) is 5.27. The van der Waals surface area contributed by atoms with Crippen molar-refractivity contribution >= 4 is 11.6 Å². The number of hydrogen-bond acceptors (Lipinski definition) is 1. The molecule has 1 aliphatic rings. The molecule has 2 nitrogen and oxygen atoms in total. The molecule has 0 saturated heterocycles. The fourth-order valence-corrected chi connectivity index (χ4v) is 3.03. The van der Waals surface area contributed by atoms with Crippen LogP contribution >= 0.6 is 0 Å². The first-order valence-electron chi connectivity index (χ1n) is 7.17. The van der Waals surface area contributed by atoms with Crippen LogP contribution in [-0.4, -0.2) is 5.91 Å². The summed E-state index contributed by atoms with van der Waals surface area (Å²) < 4.78 is 0. The highest BCUT2D eigenvalue weighted by molar-refractivity contribution is 5.92. The van der Waals surface area contributed by atoms with E-state index in [1.807, 2.05) is 30.3 Å². The van der Waals surface area contributed by atoms with E-state index in [-0.39, 0.29) is 11.8 Å². The zero-order chi connectivity index (χ0) is 12.8. The van der Waals surface area contributed by atoms with Crippen molar-refractivity contribution in [3.63, 3.8) is 0 Å². The second-order valence-electron chi connectivity index (χ2n) is 5.27. The Morgan fingerprint density at radius 2 is 1.89 bits per heavy atom. The van der Waals surface area contributed by atoms with E-state index in [1.54, 1.807) is 0 Å². The van der Waals surface area contributed by atoms with Crippen molar-refractivity contribution in [1.29, 1.82) is 0 Å². The third-order valence-corrected chi connectivity index (χ3v) is 4.04. The zero-order valence-corrected chi connectivity index (χ0v) is 11.2. The molecule has 2 heteroatoms. The minimum absolute atomic E-state index is 0.186. The van der Waals surface area contributed by atoms with Gasteiger partial charge in [-0.3, -0.25) is 4.79 Å². The monoisotopic (exact) mass is 245 g/mol. The molecule has 1 aromatic carbocycles. The summed E-state index contributed by atoms with van der Waals surface area (Å²) in [6.07, 6.45) is 7.32. The molecule has 1 fully saturated rings. The van der Waals surface area contributed by atoms with Crippen LogP contribution in [0.5, 0.6) is 0 Å². The van der Waals surface area contributed by atoms with Crippen LogP contribution < -0.4 is 5.32 Å². The predicted octanol–water partition coefficient (Wildman–Crippen LogP) is 4.23. The molecular weight excluding hydrogens is 222 g/mol. The van der Waals surface area contributed by atoms with Crippen LogP contribution in [0.4, 0.5) is 5.69 Å². The summed E-state index contributed by atoms with van der Waals surface area (Å²) in [5.74, 6) is 0.980. The number of carbonyl (C=O) groups excluding carboxylic acids is 1.